The third kappa shape index (κ3) is 3.93. The van der Waals surface area contributed by atoms with Crippen LogP contribution in [0.5, 0.6) is 0 Å². The van der Waals surface area contributed by atoms with Gasteiger partial charge in [0.25, 0.3) is 5.91 Å². The van der Waals surface area contributed by atoms with Gasteiger partial charge in [-0.2, -0.15) is 0 Å². The molecule has 5 nitrogen and oxygen atoms in total. The minimum atomic E-state index is -1.14. The molecule has 2 aromatic carbocycles. The fourth-order valence-corrected chi connectivity index (χ4v) is 2.13. The zero-order valence-electron chi connectivity index (χ0n) is 12.1. The number of rotatable bonds is 5. The molecule has 0 aliphatic carbocycles. The number of hydrogen-bond donors (Lipinski definition) is 3. The third-order valence-corrected chi connectivity index (χ3v) is 3.15. The van der Waals surface area contributed by atoms with E-state index < -0.39 is 18.0 Å². The van der Waals surface area contributed by atoms with E-state index in [9.17, 15) is 14.7 Å². The second-order valence-corrected chi connectivity index (χ2v) is 5.05. The van der Waals surface area contributed by atoms with Crippen molar-refractivity contribution in [3.05, 3.63) is 65.2 Å². The van der Waals surface area contributed by atoms with Crippen molar-refractivity contribution in [3.63, 3.8) is 0 Å². The zero-order chi connectivity index (χ0) is 16.1. The van der Waals surface area contributed by atoms with E-state index in [1.165, 1.54) is 12.1 Å². The summed E-state index contributed by atoms with van der Waals surface area (Å²) in [5.41, 5.74) is 1.60. The van der Waals surface area contributed by atoms with Gasteiger partial charge in [0.2, 0.25) is 0 Å². The van der Waals surface area contributed by atoms with Gasteiger partial charge in [-0.25, -0.2) is 4.79 Å². The molecule has 0 saturated heterocycles. The summed E-state index contributed by atoms with van der Waals surface area (Å²) in [6.45, 7) is 1.71. The molecule has 0 aromatic heterocycles. The lowest BCUT2D eigenvalue weighted by Crippen LogP contribution is -2.16. The topological polar surface area (TPSA) is 86.6 Å². The predicted molar refractivity (Wildman–Crippen MR) is 83.2 cm³/mol. The van der Waals surface area contributed by atoms with Crippen LogP contribution < -0.4 is 5.32 Å². The molecule has 0 radical (unpaired) electrons. The molecule has 0 bridgehead atoms. The molecule has 114 valence electrons. The summed E-state index contributed by atoms with van der Waals surface area (Å²) in [5, 5.41) is 21.1. The molecule has 0 aliphatic rings. The van der Waals surface area contributed by atoms with Gasteiger partial charge in [-0.1, -0.05) is 24.3 Å². The lowest BCUT2D eigenvalue weighted by molar-refractivity contribution is 0.0692. The van der Waals surface area contributed by atoms with E-state index in [0.717, 1.165) is 5.56 Å². The first kappa shape index (κ1) is 15.7. The number of carbonyl (C=O) groups is 2. The number of nitrogens with one attached hydrogen (secondary N) is 1. The molecule has 3 N–H and O–H groups in total. The Morgan fingerprint density at radius 3 is 2.18 bits per heavy atom. The quantitative estimate of drug-likeness (QED) is 0.792. The molecule has 1 amide bonds. The first-order chi connectivity index (χ1) is 10.5. The second-order valence-electron chi connectivity index (χ2n) is 5.05. The highest BCUT2D eigenvalue weighted by Gasteiger charge is 2.15. The molecule has 2 rings (SSSR count). The number of carbonyl (C=O) groups excluding carboxylic acids is 1. The van der Waals surface area contributed by atoms with Crippen LogP contribution >= 0.6 is 0 Å². The average Bonchev–Trinajstić information content (AvgIpc) is 2.48. The van der Waals surface area contributed by atoms with Crippen LogP contribution in [0, 0.1) is 0 Å². The predicted octanol–water partition coefficient (Wildman–Crippen LogP) is 2.56. The second kappa shape index (κ2) is 6.87. The van der Waals surface area contributed by atoms with Gasteiger partial charge in [-0.15, -0.1) is 0 Å². The Morgan fingerprint density at radius 2 is 1.64 bits per heavy atom. The molecule has 0 heterocycles. The van der Waals surface area contributed by atoms with Crippen molar-refractivity contribution in [2.75, 3.05) is 5.32 Å². The van der Waals surface area contributed by atoms with E-state index in [1.54, 1.807) is 31.2 Å². The first-order valence-electron chi connectivity index (χ1n) is 6.88. The molecule has 0 fully saturated rings. The SMILES string of the molecule is CC(O)Cc1ccc(NC(=O)c2ccccc2C(=O)O)cc1. The van der Waals surface area contributed by atoms with Gasteiger partial charge in [0.1, 0.15) is 0 Å². The van der Waals surface area contributed by atoms with Gasteiger partial charge in [-0.05, 0) is 43.2 Å². The largest absolute Gasteiger partial charge is 0.478 e. The first-order valence-corrected chi connectivity index (χ1v) is 6.88. The number of carboxylic acid groups (broad SMARTS) is 1. The normalized spacial score (nSPS) is 11.7. The summed E-state index contributed by atoms with van der Waals surface area (Å²) in [6, 6.07) is 13.1. The number of aliphatic hydroxyl groups is 1. The van der Waals surface area contributed by atoms with Gasteiger partial charge < -0.3 is 15.5 Å². The van der Waals surface area contributed by atoms with Crippen molar-refractivity contribution in [2.24, 2.45) is 0 Å². The Kier molecular flexibility index (Phi) is 4.91. The van der Waals surface area contributed by atoms with Gasteiger partial charge in [0, 0.05) is 5.69 Å². The maximum absolute atomic E-state index is 12.2. The van der Waals surface area contributed by atoms with Crippen molar-refractivity contribution in [3.8, 4) is 0 Å². The van der Waals surface area contributed by atoms with Crippen molar-refractivity contribution in [2.45, 2.75) is 19.4 Å². The fourth-order valence-electron chi connectivity index (χ4n) is 2.13. The van der Waals surface area contributed by atoms with Crippen LogP contribution in [0.2, 0.25) is 0 Å². The van der Waals surface area contributed by atoms with E-state index in [0.29, 0.717) is 12.1 Å². The number of benzene rings is 2. The van der Waals surface area contributed by atoms with E-state index in [2.05, 4.69) is 5.32 Å². The van der Waals surface area contributed by atoms with Gasteiger partial charge in [0.15, 0.2) is 0 Å². The summed E-state index contributed by atoms with van der Waals surface area (Å²) in [5.74, 6) is -1.61. The minimum Gasteiger partial charge on any atom is -0.478 e. The average molecular weight is 299 g/mol. The Morgan fingerprint density at radius 1 is 1.05 bits per heavy atom. The minimum absolute atomic E-state index is 0.0364. The van der Waals surface area contributed by atoms with Crippen LogP contribution in [0.3, 0.4) is 0 Å². The monoisotopic (exact) mass is 299 g/mol. The molecule has 2 aromatic rings. The maximum Gasteiger partial charge on any atom is 0.336 e. The highest BCUT2D eigenvalue weighted by atomic mass is 16.4. The van der Waals surface area contributed by atoms with Gasteiger partial charge in [0.05, 0.1) is 17.2 Å². The zero-order valence-corrected chi connectivity index (χ0v) is 12.1. The lowest BCUT2D eigenvalue weighted by Gasteiger charge is -2.09. The maximum atomic E-state index is 12.2. The number of hydrogen-bond acceptors (Lipinski definition) is 3. The Bertz CT molecular complexity index is 677. The number of anilines is 1. The number of aliphatic hydroxyl groups excluding tert-OH is 1. The molecule has 0 saturated carbocycles. The number of aromatic carboxylic acids is 1. The molecule has 0 aliphatic heterocycles. The lowest BCUT2D eigenvalue weighted by atomic mass is 10.1. The summed E-state index contributed by atoms with van der Waals surface area (Å²) < 4.78 is 0. The van der Waals surface area contributed by atoms with Gasteiger partial charge in [-0.3, -0.25) is 4.79 Å². The van der Waals surface area contributed by atoms with Crippen molar-refractivity contribution in [1.82, 2.24) is 0 Å². The highest BCUT2D eigenvalue weighted by Crippen LogP contribution is 2.15. The summed E-state index contributed by atoms with van der Waals surface area (Å²) >= 11 is 0. The number of amides is 1. The fraction of sp³-hybridized carbons (Fsp3) is 0.176. The Hall–Kier alpha value is -2.66. The van der Waals surface area contributed by atoms with Crippen LogP contribution in [-0.2, 0) is 6.42 Å². The standard InChI is InChI=1S/C17H17NO4/c1-11(19)10-12-6-8-13(9-7-12)18-16(20)14-4-2-3-5-15(14)17(21)22/h2-9,11,19H,10H2,1H3,(H,18,20)(H,21,22). The smallest absolute Gasteiger partial charge is 0.336 e. The van der Waals surface area contributed by atoms with E-state index >= 15 is 0 Å². The Labute approximate surface area is 128 Å². The molecule has 0 spiro atoms. The van der Waals surface area contributed by atoms with Crippen LogP contribution in [0.1, 0.15) is 33.2 Å². The van der Waals surface area contributed by atoms with Crippen LogP contribution in [0.15, 0.2) is 48.5 Å². The molecule has 1 unspecified atom stereocenters. The molecule has 5 heteroatoms. The van der Waals surface area contributed by atoms with Crippen LogP contribution in [0.4, 0.5) is 5.69 Å². The van der Waals surface area contributed by atoms with Gasteiger partial charge >= 0.3 is 5.97 Å². The molecular weight excluding hydrogens is 282 g/mol. The van der Waals surface area contributed by atoms with Crippen molar-refractivity contribution < 1.29 is 19.8 Å². The third-order valence-electron chi connectivity index (χ3n) is 3.15. The molecular formula is C17H17NO4. The molecule has 1 atom stereocenters. The summed E-state index contributed by atoms with van der Waals surface area (Å²) in [7, 11) is 0. The summed E-state index contributed by atoms with van der Waals surface area (Å²) in [4.78, 5) is 23.3. The summed E-state index contributed by atoms with van der Waals surface area (Å²) in [6.07, 6.45) is 0.110. The Balaban J connectivity index is 2.14. The van der Waals surface area contributed by atoms with Crippen molar-refractivity contribution in [1.29, 1.82) is 0 Å². The highest BCUT2D eigenvalue weighted by molar-refractivity contribution is 6.10. The van der Waals surface area contributed by atoms with E-state index in [1.807, 2.05) is 12.1 Å². The van der Waals surface area contributed by atoms with Crippen LogP contribution in [-0.4, -0.2) is 28.2 Å². The van der Waals surface area contributed by atoms with Crippen molar-refractivity contribution >= 4 is 17.6 Å². The number of carboxylic acids is 1. The van der Waals surface area contributed by atoms with E-state index in [4.69, 9.17) is 5.11 Å². The van der Waals surface area contributed by atoms with Crippen LogP contribution in [0.25, 0.3) is 0 Å². The molecule has 22 heavy (non-hydrogen) atoms. The van der Waals surface area contributed by atoms with E-state index in [-0.39, 0.29) is 11.1 Å².